The van der Waals surface area contributed by atoms with Crippen molar-refractivity contribution in [1.29, 1.82) is 0 Å². The second kappa shape index (κ2) is 8.29. The number of nitrogens with one attached hydrogen (secondary N) is 1. The van der Waals surface area contributed by atoms with Gasteiger partial charge in [0.25, 0.3) is 0 Å². The van der Waals surface area contributed by atoms with E-state index in [1.807, 2.05) is 24.3 Å². The summed E-state index contributed by atoms with van der Waals surface area (Å²) in [6.45, 7) is 0.943. The van der Waals surface area contributed by atoms with E-state index < -0.39 is 0 Å². The number of methoxy groups -OCH3 is 1. The normalized spacial score (nSPS) is 9.44. The van der Waals surface area contributed by atoms with E-state index >= 15 is 0 Å². The van der Waals surface area contributed by atoms with E-state index in [0.717, 1.165) is 17.7 Å². The SMILES string of the molecule is COCCCC(=O)Nc1ccc(C#CCN)cc1. The van der Waals surface area contributed by atoms with E-state index in [-0.39, 0.29) is 5.91 Å². The molecule has 1 amide bonds. The van der Waals surface area contributed by atoms with Gasteiger partial charge >= 0.3 is 0 Å². The Morgan fingerprint density at radius 3 is 2.72 bits per heavy atom. The van der Waals surface area contributed by atoms with Gasteiger partial charge in [-0.3, -0.25) is 4.79 Å². The van der Waals surface area contributed by atoms with E-state index in [2.05, 4.69) is 17.2 Å². The quantitative estimate of drug-likeness (QED) is 0.609. The fourth-order valence-electron chi connectivity index (χ4n) is 1.39. The lowest BCUT2D eigenvalue weighted by atomic mass is 10.2. The molecule has 0 atom stereocenters. The van der Waals surface area contributed by atoms with Crippen LogP contribution in [0.4, 0.5) is 5.69 Å². The van der Waals surface area contributed by atoms with Crippen LogP contribution in [0.1, 0.15) is 18.4 Å². The second-order valence-electron chi connectivity index (χ2n) is 3.73. The first-order valence-corrected chi connectivity index (χ1v) is 5.84. The van der Waals surface area contributed by atoms with Crippen molar-refractivity contribution in [1.82, 2.24) is 0 Å². The largest absolute Gasteiger partial charge is 0.385 e. The molecule has 0 aliphatic carbocycles. The molecule has 0 aliphatic rings. The van der Waals surface area contributed by atoms with Crippen LogP contribution in [0.15, 0.2) is 24.3 Å². The molecule has 1 aromatic rings. The minimum atomic E-state index is -0.00663. The summed E-state index contributed by atoms with van der Waals surface area (Å²) in [6.07, 6.45) is 1.19. The number of nitrogens with two attached hydrogens (primary N) is 1. The van der Waals surface area contributed by atoms with Crippen molar-refractivity contribution in [2.45, 2.75) is 12.8 Å². The Labute approximate surface area is 108 Å². The number of ether oxygens (including phenoxy) is 1. The predicted molar refractivity (Wildman–Crippen MR) is 72.1 cm³/mol. The average molecular weight is 246 g/mol. The van der Waals surface area contributed by atoms with E-state index in [1.54, 1.807) is 7.11 Å². The summed E-state index contributed by atoms with van der Waals surface area (Å²) in [5.41, 5.74) is 6.95. The summed E-state index contributed by atoms with van der Waals surface area (Å²) in [7, 11) is 1.62. The molecular weight excluding hydrogens is 228 g/mol. The molecule has 3 N–H and O–H groups in total. The third-order valence-electron chi connectivity index (χ3n) is 2.26. The van der Waals surface area contributed by atoms with Gasteiger partial charge in [0.1, 0.15) is 0 Å². The Balaban J connectivity index is 2.45. The molecule has 18 heavy (non-hydrogen) atoms. The molecule has 96 valence electrons. The van der Waals surface area contributed by atoms with Crippen LogP contribution < -0.4 is 11.1 Å². The molecule has 0 bridgehead atoms. The van der Waals surface area contributed by atoms with E-state index in [0.29, 0.717) is 19.6 Å². The Hall–Kier alpha value is -1.83. The van der Waals surface area contributed by atoms with Crippen molar-refractivity contribution < 1.29 is 9.53 Å². The molecule has 4 nitrogen and oxygen atoms in total. The molecule has 1 rings (SSSR count). The van der Waals surface area contributed by atoms with Crippen molar-refractivity contribution in [3.63, 3.8) is 0 Å². The maximum Gasteiger partial charge on any atom is 0.224 e. The molecule has 4 heteroatoms. The topological polar surface area (TPSA) is 64.3 Å². The van der Waals surface area contributed by atoms with Gasteiger partial charge in [-0.2, -0.15) is 0 Å². The van der Waals surface area contributed by atoms with Crippen molar-refractivity contribution in [2.24, 2.45) is 5.73 Å². The molecule has 0 saturated heterocycles. The van der Waals surface area contributed by atoms with Gasteiger partial charge < -0.3 is 15.8 Å². The van der Waals surface area contributed by atoms with Gasteiger partial charge in [-0.15, -0.1) is 0 Å². The molecular formula is C14H18N2O2. The summed E-state index contributed by atoms with van der Waals surface area (Å²) in [5, 5.41) is 2.82. The van der Waals surface area contributed by atoms with Crippen LogP contribution in [0.5, 0.6) is 0 Å². The first-order valence-electron chi connectivity index (χ1n) is 5.84. The fraction of sp³-hybridized carbons (Fsp3) is 0.357. The highest BCUT2D eigenvalue weighted by Gasteiger charge is 2.01. The molecule has 0 aromatic heterocycles. The zero-order valence-corrected chi connectivity index (χ0v) is 10.5. The summed E-state index contributed by atoms with van der Waals surface area (Å²) in [6, 6.07) is 7.37. The lowest BCUT2D eigenvalue weighted by molar-refractivity contribution is -0.116. The molecule has 1 aromatic carbocycles. The summed E-state index contributed by atoms with van der Waals surface area (Å²) in [4.78, 5) is 11.5. The van der Waals surface area contributed by atoms with Crippen LogP contribution in [0.3, 0.4) is 0 Å². The Bertz CT molecular complexity index is 429. The number of hydrogen-bond donors (Lipinski definition) is 2. The summed E-state index contributed by atoms with van der Waals surface area (Å²) in [5.74, 6) is 5.69. The Morgan fingerprint density at radius 1 is 1.39 bits per heavy atom. The number of benzene rings is 1. The highest BCUT2D eigenvalue weighted by molar-refractivity contribution is 5.90. The lowest BCUT2D eigenvalue weighted by Gasteiger charge is -2.04. The van der Waals surface area contributed by atoms with E-state index in [4.69, 9.17) is 10.5 Å². The predicted octanol–water partition coefficient (Wildman–Crippen LogP) is 1.36. The van der Waals surface area contributed by atoms with E-state index in [1.165, 1.54) is 0 Å². The van der Waals surface area contributed by atoms with Crippen LogP contribution in [0.25, 0.3) is 0 Å². The standard InChI is InChI=1S/C14H18N2O2/c1-18-11-3-5-14(17)16-13-8-6-12(7-9-13)4-2-10-15/h6-9H,3,5,10-11,15H2,1H3,(H,16,17). The Morgan fingerprint density at radius 2 is 2.11 bits per heavy atom. The highest BCUT2D eigenvalue weighted by Crippen LogP contribution is 2.09. The number of rotatable bonds is 5. The number of amides is 1. The van der Waals surface area contributed by atoms with Gasteiger partial charge in [0.05, 0.1) is 6.54 Å². The highest BCUT2D eigenvalue weighted by atomic mass is 16.5. The second-order valence-corrected chi connectivity index (χ2v) is 3.73. The fourth-order valence-corrected chi connectivity index (χ4v) is 1.39. The molecule has 0 fully saturated rings. The van der Waals surface area contributed by atoms with Gasteiger partial charge in [-0.05, 0) is 30.7 Å². The van der Waals surface area contributed by atoms with Gasteiger partial charge in [-0.25, -0.2) is 0 Å². The minimum absolute atomic E-state index is 0.00663. The van der Waals surface area contributed by atoms with Crippen molar-refractivity contribution in [2.75, 3.05) is 25.6 Å². The van der Waals surface area contributed by atoms with Gasteiger partial charge in [0.2, 0.25) is 5.91 Å². The maximum atomic E-state index is 11.5. The zero-order valence-electron chi connectivity index (χ0n) is 10.5. The number of carbonyl (C=O) groups excluding carboxylic acids is 1. The third kappa shape index (κ3) is 5.48. The molecule has 0 unspecified atom stereocenters. The van der Waals surface area contributed by atoms with E-state index in [9.17, 15) is 4.79 Å². The molecule has 0 radical (unpaired) electrons. The number of anilines is 1. The van der Waals surface area contributed by atoms with Crippen molar-refractivity contribution in [3.05, 3.63) is 29.8 Å². The zero-order chi connectivity index (χ0) is 13.2. The molecule has 0 heterocycles. The third-order valence-corrected chi connectivity index (χ3v) is 2.26. The monoisotopic (exact) mass is 246 g/mol. The first kappa shape index (κ1) is 14.2. The van der Waals surface area contributed by atoms with Gasteiger partial charge in [0.15, 0.2) is 0 Å². The van der Waals surface area contributed by atoms with Crippen LogP contribution in [-0.4, -0.2) is 26.2 Å². The maximum absolute atomic E-state index is 11.5. The molecule has 0 saturated carbocycles. The van der Waals surface area contributed by atoms with Crippen LogP contribution in [-0.2, 0) is 9.53 Å². The van der Waals surface area contributed by atoms with Crippen molar-refractivity contribution >= 4 is 11.6 Å². The van der Waals surface area contributed by atoms with Crippen molar-refractivity contribution in [3.8, 4) is 11.8 Å². The number of carbonyl (C=O) groups is 1. The Kier molecular flexibility index (Phi) is 6.55. The molecule has 0 spiro atoms. The van der Waals surface area contributed by atoms with Crippen LogP contribution in [0, 0.1) is 11.8 Å². The van der Waals surface area contributed by atoms with Gasteiger partial charge in [-0.1, -0.05) is 11.8 Å². The van der Waals surface area contributed by atoms with Crippen LogP contribution in [0.2, 0.25) is 0 Å². The smallest absolute Gasteiger partial charge is 0.224 e. The van der Waals surface area contributed by atoms with Crippen LogP contribution >= 0.6 is 0 Å². The number of hydrogen-bond acceptors (Lipinski definition) is 3. The average Bonchev–Trinajstić information content (AvgIpc) is 2.38. The molecule has 0 aliphatic heterocycles. The summed E-state index contributed by atoms with van der Waals surface area (Å²) >= 11 is 0. The minimum Gasteiger partial charge on any atom is -0.385 e. The lowest BCUT2D eigenvalue weighted by Crippen LogP contribution is -2.11. The summed E-state index contributed by atoms with van der Waals surface area (Å²) < 4.78 is 4.89. The first-order chi connectivity index (χ1) is 8.76. The van der Waals surface area contributed by atoms with Gasteiger partial charge in [0, 0.05) is 31.4 Å².